The fourth-order valence-electron chi connectivity index (χ4n) is 2.01. The molecule has 0 saturated heterocycles. The second-order valence-corrected chi connectivity index (χ2v) is 4.12. The Kier molecular flexibility index (Phi) is 3.17. The molecule has 4 nitrogen and oxygen atoms in total. The van der Waals surface area contributed by atoms with Crippen molar-refractivity contribution in [3.05, 3.63) is 12.2 Å². The first-order valence-corrected chi connectivity index (χ1v) is 4.92. The van der Waals surface area contributed by atoms with Crippen LogP contribution in [-0.2, 0) is 14.3 Å². The molecule has 1 aliphatic carbocycles. The van der Waals surface area contributed by atoms with E-state index < -0.39 is 23.3 Å². The van der Waals surface area contributed by atoms with Crippen LogP contribution in [0, 0.1) is 17.3 Å². The van der Waals surface area contributed by atoms with Gasteiger partial charge in [0, 0.05) is 0 Å². The van der Waals surface area contributed by atoms with Crippen LogP contribution in [0.1, 0.15) is 20.3 Å². The highest BCUT2D eigenvalue weighted by molar-refractivity contribution is 5.85. The number of esters is 1. The second-order valence-electron chi connectivity index (χ2n) is 4.12. The summed E-state index contributed by atoms with van der Waals surface area (Å²) in [6.07, 6.45) is 4.12. The van der Waals surface area contributed by atoms with Crippen molar-refractivity contribution in [2.45, 2.75) is 20.3 Å². The molecule has 0 aliphatic heterocycles. The van der Waals surface area contributed by atoms with Gasteiger partial charge < -0.3 is 9.84 Å². The summed E-state index contributed by atoms with van der Waals surface area (Å²) < 4.78 is 4.65. The average Bonchev–Trinajstić information content (AvgIpc) is 2.20. The van der Waals surface area contributed by atoms with Gasteiger partial charge >= 0.3 is 11.9 Å². The van der Waals surface area contributed by atoms with Gasteiger partial charge in [0.25, 0.3) is 0 Å². The predicted octanol–water partition coefficient (Wildman–Crippen LogP) is 1.46. The fourth-order valence-corrected chi connectivity index (χ4v) is 2.01. The number of carbonyl (C=O) groups excluding carboxylic acids is 1. The van der Waals surface area contributed by atoms with Crippen molar-refractivity contribution in [2.24, 2.45) is 17.3 Å². The first-order chi connectivity index (χ1) is 6.94. The van der Waals surface area contributed by atoms with Crippen LogP contribution in [0.2, 0.25) is 0 Å². The van der Waals surface area contributed by atoms with Crippen LogP contribution in [0.15, 0.2) is 12.2 Å². The molecular weight excluding hydrogens is 196 g/mol. The van der Waals surface area contributed by atoms with E-state index in [0.29, 0.717) is 6.42 Å². The Bertz CT molecular complexity index is 308. The molecule has 4 heteroatoms. The minimum absolute atomic E-state index is 0.173. The van der Waals surface area contributed by atoms with E-state index in [1.165, 1.54) is 7.11 Å². The van der Waals surface area contributed by atoms with E-state index in [1.807, 2.05) is 12.2 Å². The van der Waals surface area contributed by atoms with Gasteiger partial charge in [-0.2, -0.15) is 0 Å². The molecule has 0 saturated carbocycles. The summed E-state index contributed by atoms with van der Waals surface area (Å²) in [5.74, 6) is -2.17. The summed E-state index contributed by atoms with van der Waals surface area (Å²) >= 11 is 0. The van der Waals surface area contributed by atoms with Crippen LogP contribution in [0.4, 0.5) is 0 Å². The SMILES string of the molecule is COC(=O)[C@@H]1CC=C[C@H](C)[C@]1(C)C(=O)O. The van der Waals surface area contributed by atoms with Gasteiger partial charge in [-0.1, -0.05) is 19.1 Å². The fraction of sp³-hybridized carbons (Fsp3) is 0.636. The molecule has 1 N–H and O–H groups in total. The standard InChI is InChI=1S/C11H16O4/c1-7-5-4-6-8(9(12)15-3)11(7,2)10(13)14/h4-5,7-8H,6H2,1-3H3,(H,13,14)/t7-,8-,11-/m0/s1. The molecule has 84 valence electrons. The van der Waals surface area contributed by atoms with Crippen LogP contribution in [0.3, 0.4) is 0 Å². The number of hydrogen-bond acceptors (Lipinski definition) is 3. The lowest BCUT2D eigenvalue weighted by atomic mass is 9.64. The Morgan fingerprint density at radius 2 is 2.13 bits per heavy atom. The van der Waals surface area contributed by atoms with Gasteiger partial charge in [0.05, 0.1) is 18.4 Å². The third-order valence-electron chi connectivity index (χ3n) is 3.41. The highest BCUT2D eigenvalue weighted by Crippen LogP contribution is 2.42. The predicted molar refractivity (Wildman–Crippen MR) is 54.2 cm³/mol. The van der Waals surface area contributed by atoms with E-state index in [2.05, 4.69) is 4.74 Å². The summed E-state index contributed by atoms with van der Waals surface area (Å²) in [4.78, 5) is 22.8. The Morgan fingerprint density at radius 3 is 2.60 bits per heavy atom. The van der Waals surface area contributed by atoms with Gasteiger partial charge in [-0.05, 0) is 19.3 Å². The normalized spacial score (nSPS) is 34.9. The number of methoxy groups -OCH3 is 1. The van der Waals surface area contributed by atoms with E-state index in [-0.39, 0.29) is 5.92 Å². The first-order valence-electron chi connectivity index (χ1n) is 4.92. The first kappa shape index (κ1) is 11.8. The van der Waals surface area contributed by atoms with E-state index in [4.69, 9.17) is 0 Å². The molecule has 15 heavy (non-hydrogen) atoms. The summed E-state index contributed by atoms with van der Waals surface area (Å²) in [5, 5.41) is 9.24. The van der Waals surface area contributed by atoms with E-state index >= 15 is 0 Å². The van der Waals surface area contributed by atoms with Crippen molar-refractivity contribution in [3.63, 3.8) is 0 Å². The largest absolute Gasteiger partial charge is 0.481 e. The lowest BCUT2D eigenvalue weighted by molar-refractivity contribution is -0.166. The average molecular weight is 212 g/mol. The van der Waals surface area contributed by atoms with E-state index in [0.717, 1.165) is 0 Å². The molecule has 0 unspecified atom stereocenters. The van der Waals surface area contributed by atoms with E-state index in [1.54, 1.807) is 13.8 Å². The van der Waals surface area contributed by atoms with Gasteiger partial charge in [0.1, 0.15) is 0 Å². The maximum atomic E-state index is 11.5. The number of ether oxygens (including phenoxy) is 1. The molecule has 0 bridgehead atoms. The van der Waals surface area contributed by atoms with Crippen molar-refractivity contribution >= 4 is 11.9 Å². The smallest absolute Gasteiger partial charge is 0.310 e. The molecular formula is C11H16O4. The minimum atomic E-state index is -1.07. The summed E-state index contributed by atoms with van der Waals surface area (Å²) in [5.41, 5.74) is -1.07. The molecule has 3 atom stereocenters. The zero-order chi connectivity index (χ0) is 11.6. The van der Waals surface area contributed by atoms with Gasteiger partial charge in [-0.25, -0.2) is 0 Å². The minimum Gasteiger partial charge on any atom is -0.481 e. The van der Waals surface area contributed by atoms with Gasteiger partial charge in [0.15, 0.2) is 0 Å². The molecule has 0 aromatic rings. The number of allylic oxidation sites excluding steroid dienone is 2. The van der Waals surface area contributed by atoms with E-state index in [9.17, 15) is 14.7 Å². The number of rotatable bonds is 2. The lowest BCUT2D eigenvalue weighted by Crippen LogP contribution is -2.46. The van der Waals surface area contributed by atoms with Crippen LogP contribution >= 0.6 is 0 Å². The highest BCUT2D eigenvalue weighted by atomic mass is 16.5. The number of hydrogen-bond donors (Lipinski definition) is 1. The maximum Gasteiger partial charge on any atom is 0.310 e. The van der Waals surface area contributed by atoms with Gasteiger partial charge in [0.2, 0.25) is 0 Å². The Labute approximate surface area is 88.9 Å². The molecule has 0 fully saturated rings. The lowest BCUT2D eigenvalue weighted by Gasteiger charge is -2.38. The van der Waals surface area contributed by atoms with Crippen LogP contribution < -0.4 is 0 Å². The molecule has 0 aromatic carbocycles. The maximum absolute atomic E-state index is 11.5. The van der Waals surface area contributed by atoms with Crippen molar-refractivity contribution in [3.8, 4) is 0 Å². The molecule has 0 radical (unpaired) electrons. The van der Waals surface area contributed by atoms with Crippen molar-refractivity contribution in [2.75, 3.05) is 7.11 Å². The third kappa shape index (κ3) is 1.76. The van der Waals surface area contributed by atoms with Crippen LogP contribution in [0.25, 0.3) is 0 Å². The van der Waals surface area contributed by atoms with Crippen LogP contribution in [-0.4, -0.2) is 24.2 Å². The van der Waals surface area contributed by atoms with Crippen molar-refractivity contribution in [1.29, 1.82) is 0 Å². The third-order valence-corrected chi connectivity index (χ3v) is 3.41. The number of carbonyl (C=O) groups is 2. The quantitative estimate of drug-likeness (QED) is 0.556. The van der Waals surface area contributed by atoms with Gasteiger partial charge in [-0.3, -0.25) is 9.59 Å². The molecule has 0 amide bonds. The Morgan fingerprint density at radius 1 is 1.53 bits per heavy atom. The zero-order valence-corrected chi connectivity index (χ0v) is 9.19. The molecule has 0 heterocycles. The monoisotopic (exact) mass is 212 g/mol. The summed E-state index contributed by atoms with van der Waals surface area (Å²) in [6.45, 7) is 3.41. The molecule has 1 rings (SSSR count). The topological polar surface area (TPSA) is 63.6 Å². The zero-order valence-electron chi connectivity index (χ0n) is 9.19. The molecule has 1 aliphatic rings. The Hall–Kier alpha value is -1.32. The van der Waals surface area contributed by atoms with Gasteiger partial charge in [-0.15, -0.1) is 0 Å². The summed E-state index contributed by atoms with van der Waals surface area (Å²) in [6, 6.07) is 0. The molecule has 0 aromatic heterocycles. The number of carboxylic acid groups (broad SMARTS) is 1. The van der Waals surface area contributed by atoms with Crippen LogP contribution in [0.5, 0.6) is 0 Å². The number of carboxylic acids is 1. The second kappa shape index (κ2) is 4.04. The molecule has 0 spiro atoms. The summed E-state index contributed by atoms with van der Waals surface area (Å²) in [7, 11) is 1.29. The highest BCUT2D eigenvalue weighted by Gasteiger charge is 2.50. The Balaban J connectivity index is 3.10. The van der Waals surface area contributed by atoms with Crippen molar-refractivity contribution < 1.29 is 19.4 Å². The number of aliphatic carboxylic acids is 1. The van der Waals surface area contributed by atoms with Crippen molar-refractivity contribution in [1.82, 2.24) is 0 Å².